The Morgan fingerprint density at radius 2 is 1.92 bits per heavy atom. The Morgan fingerprint density at radius 3 is 2.64 bits per heavy atom. The molecule has 2 aliphatic heterocycles. The number of aliphatic hydroxyl groups is 1. The molecule has 1 N–H and O–H groups in total. The number of nitrogens with zero attached hydrogens (tertiary/aromatic N) is 3. The van der Waals surface area contributed by atoms with Gasteiger partial charge < -0.3 is 9.84 Å². The Bertz CT molecular complexity index is 830. The fourth-order valence-electron chi connectivity index (χ4n) is 4.39. The molecule has 0 amide bonds. The minimum Gasteiger partial charge on any atom is -0.390 e. The highest BCUT2D eigenvalue weighted by Gasteiger charge is 2.43. The van der Waals surface area contributed by atoms with Crippen LogP contribution in [-0.2, 0) is 25.4 Å². The highest BCUT2D eigenvalue weighted by molar-refractivity contribution is 5.76. The minimum atomic E-state index is -0.321. The molecular weight excluding hydrogens is 318 g/mol. The molecule has 0 aliphatic carbocycles. The van der Waals surface area contributed by atoms with Crippen LogP contribution in [0, 0.1) is 0 Å². The molecular formula is C19H27N3O3. The van der Waals surface area contributed by atoms with E-state index in [1.807, 2.05) is 20.2 Å². The number of rotatable bonds is 2. The molecule has 4 rings (SSSR count). The third-order valence-corrected chi connectivity index (χ3v) is 6.06. The SMILES string of the molecule is Cn1c(=O)n(C)c2cc(CN3CCC4(CC3)OCCC[C@@H]4O)ccc21. The van der Waals surface area contributed by atoms with Gasteiger partial charge in [-0.1, -0.05) is 6.07 Å². The van der Waals surface area contributed by atoms with Gasteiger partial charge >= 0.3 is 5.69 Å². The molecule has 136 valence electrons. The van der Waals surface area contributed by atoms with Gasteiger partial charge in [0.25, 0.3) is 0 Å². The zero-order valence-electron chi connectivity index (χ0n) is 15.1. The van der Waals surface area contributed by atoms with Crippen molar-refractivity contribution in [3.8, 4) is 0 Å². The first-order valence-corrected chi connectivity index (χ1v) is 9.19. The fraction of sp³-hybridized carbons (Fsp3) is 0.632. The van der Waals surface area contributed by atoms with E-state index in [-0.39, 0.29) is 17.4 Å². The molecule has 2 aromatic rings. The molecule has 1 aromatic carbocycles. The van der Waals surface area contributed by atoms with Crippen molar-refractivity contribution in [1.29, 1.82) is 0 Å². The first-order valence-electron chi connectivity index (χ1n) is 9.19. The largest absolute Gasteiger partial charge is 0.390 e. The maximum absolute atomic E-state index is 12.1. The van der Waals surface area contributed by atoms with Crippen LogP contribution in [0.1, 0.15) is 31.2 Å². The van der Waals surface area contributed by atoms with Gasteiger partial charge in [-0.25, -0.2) is 4.79 Å². The lowest BCUT2D eigenvalue weighted by Gasteiger charge is -2.46. The van der Waals surface area contributed by atoms with E-state index in [4.69, 9.17) is 4.74 Å². The molecule has 0 unspecified atom stereocenters. The number of fused-ring (bicyclic) bond motifs is 1. The number of piperidine rings is 1. The number of hydrogen-bond donors (Lipinski definition) is 1. The molecule has 0 bridgehead atoms. The zero-order valence-corrected chi connectivity index (χ0v) is 15.1. The van der Waals surface area contributed by atoms with Gasteiger partial charge in [0.05, 0.1) is 22.7 Å². The zero-order chi connectivity index (χ0) is 17.6. The molecule has 25 heavy (non-hydrogen) atoms. The lowest BCUT2D eigenvalue weighted by molar-refractivity contribution is -0.177. The number of aromatic nitrogens is 2. The number of hydrogen-bond acceptors (Lipinski definition) is 4. The first-order chi connectivity index (χ1) is 12.0. The highest BCUT2D eigenvalue weighted by Crippen LogP contribution is 2.35. The summed E-state index contributed by atoms with van der Waals surface area (Å²) < 4.78 is 9.38. The van der Waals surface area contributed by atoms with Gasteiger partial charge in [-0.2, -0.15) is 0 Å². The second-order valence-electron chi connectivity index (χ2n) is 7.57. The van der Waals surface area contributed by atoms with E-state index in [1.165, 1.54) is 5.56 Å². The lowest BCUT2D eigenvalue weighted by atomic mass is 9.82. The Kier molecular flexibility index (Phi) is 4.22. The minimum absolute atomic E-state index is 0.00972. The summed E-state index contributed by atoms with van der Waals surface area (Å²) in [7, 11) is 3.63. The van der Waals surface area contributed by atoms with Crippen molar-refractivity contribution in [2.24, 2.45) is 14.1 Å². The number of aliphatic hydroxyl groups excluding tert-OH is 1. The standard InChI is InChI=1S/C19H27N3O3/c1-20-15-6-5-14(12-16(15)21(2)18(20)24)13-22-9-7-19(8-10-22)17(23)4-3-11-25-19/h5-6,12,17,23H,3-4,7-11,13H2,1-2H3/t17-/m0/s1. The molecule has 3 heterocycles. The van der Waals surface area contributed by atoms with Gasteiger partial charge in [0, 0.05) is 40.3 Å². The van der Waals surface area contributed by atoms with E-state index < -0.39 is 0 Å². The van der Waals surface area contributed by atoms with Gasteiger partial charge in [-0.3, -0.25) is 14.0 Å². The number of imidazole rings is 1. The second kappa shape index (κ2) is 6.27. The average molecular weight is 345 g/mol. The molecule has 0 saturated carbocycles. The van der Waals surface area contributed by atoms with Crippen LogP contribution >= 0.6 is 0 Å². The van der Waals surface area contributed by atoms with Crippen LogP contribution in [0.25, 0.3) is 11.0 Å². The van der Waals surface area contributed by atoms with Crippen LogP contribution in [-0.4, -0.2) is 50.5 Å². The van der Waals surface area contributed by atoms with E-state index in [1.54, 1.807) is 9.13 Å². The molecule has 2 fully saturated rings. The summed E-state index contributed by atoms with van der Waals surface area (Å²) in [5.74, 6) is 0. The molecule has 2 saturated heterocycles. The van der Waals surface area contributed by atoms with Gasteiger partial charge in [-0.05, 0) is 43.4 Å². The quantitative estimate of drug-likeness (QED) is 0.893. The van der Waals surface area contributed by atoms with E-state index in [0.717, 1.165) is 63.0 Å². The van der Waals surface area contributed by atoms with E-state index in [9.17, 15) is 9.90 Å². The molecule has 1 atom stereocenters. The maximum Gasteiger partial charge on any atom is 0.328 e. The van der Waals surface area contributed by atoms with E-state index in [2.05, 4.69) is 17.0 Å². The summed E-state index contributed by atoms with van der Waals surface area (Å²) in [6.45, 7) is 3.51. The summed E-state index contributed by atoms with van der Waals surface area (Å²) >= 11 is 0. The third kappa shape index (κ3) is 2.82. The van der Waals surface area contributed by atoms with E-state index >= 15 is 0 Å². The van der Waals surface area contributed by atoms with Crippen LogP contribution in [0.4, 0.5) is 0 Å². The first kappa shape index (κ1) is 16.8. The van der Waals surface area contributed by atoms with Gasteiger partial charge in [0.2, 0.25) is 0 Å². The van der Waals surface area contributed by atoms with Gasteiger partial charge in [0.15, 0.2) is 0 Å². The third-order valence-electron chi connectivity index (χ3n) is 6.06. The highest BCUT2D eigenvalue weighted by atomic mass is 16.5. The van der Waals surface area contributed by atoms with Crippen molar-refractivity contribution in [2.45, 2.75) is 43.9 Å². The van der Waals surface area contributed by atoms with Crippen LogP contribution in [0.3, 0.4) is 0 Å². The lowest BCUT2D eigenvalue weighted by Crippen LogP contribution is -2.55. The van der Waals surface area contributed by atoms with Gasteiger partial charge in [-0.15, -0.1) is 0 Å². The maximum atomic E-state index is 12.1. The summed E-state index contributed by atoms with van der Waals surface area (Å²) in [4.78, 5) is 14.5. The van der Waals surface area contributed by atoms with Crippen LogP contribution < -0.4 is 5.69 Å². The van der Waals surface area contributed by atoms with Crippen molar-refractivity contribution >= 4 is 11.0 Å². The normalized spacial score (nSPS) is 24.2. The van der Waals surface area contributed by atoms with Crippen molar-refractivity contribution in [3.63, 3.8) is 0 Å². The van der Waals surface area contributed by atoms with Crippen LogP contribution in [0.5, 0.6) is 0 Å². The summed E-state index contributed by atoms with van der Waals surface area (Å²) in [5.41, 5.74) is 2.85. The average Bonchev–Trinajstić information content (AvgIpc) is 2.84. The number of ether oxygens (including phenoxy) is 1. The van der Waals surface area contributed by atoms with Crippen molar-refractivity contribution in [2.75, 3.05) is 19.7 Å². The molecule has 6 heteroatoms. The summed E-state index contributed by atoms with van der Waals surface area (Å²) in [5, 5.41) is 10.4. The molecule has 2 aliphatic rings. The monoisotopic (exact) mass is 345 g/mol. The Hall–Kier alpha value is -1.63. The number of aryl methyl sites for hydroxylation is 2. The van der Waals surface area contributed by atoms with Crippen LogP contribution in [0.15, 0.2) is 23.0 Å². The fourth-order valence-corrected chi connectivity index (χ4v) is 4.39. The topological polar surface area (TPSA) is 59.6 Å². The molecule has 0 radical (unpaired) electrons. The van der Waals surface area contributed by atoms with Crippen molar-refractivity contribution < 1.29 is 9.84 Å². The predicted molar refractivity (Wildman–Crippen MR) is 96.6 cm³/mol. The van der Waals surface area contributed by atoms with E-state index in [0.29, 0.717) is 0 Å². The smallest absolute Gasteiger partial charge is 0.328 e. The van der Waals surface area contributed by atoms with Gasteiger partial charge in [0.1, 0.15) is 0 Å². The van der Waals surface area contributed by atoms with Crippen molar-refractivity contribution in [3.05, 3.63) is 34.2 Å². The second-order valence-corrected chi connectivity index (χ2v) is 7.57. The number of benzene rings is 1. The summed E-state index contributed by atoms with van der Waals surface area (Å²) in [6.07, 6.45) is 3.28. The number of likely N-dealkylation sites (tertiary alicyclic amines) is 1. The van der Waals surface area contributed by atoms with Crippen LogP contribution in [0.2, 0.25) is 0 Å². The Labute approximate surface area is 147 Å². The Morgan fingerprint density at radius 1 is 1.20 bits per heavy atom. The Balaban J connectivity index is 1.47. The summed E-state index contributed by atoms with van der Waals surface area (Å²) in [6, 6.07) is 6.26. The molecule has 1 spiro atoms. The van der Waals surface area contributed by atoms with Crippen molar-refractivity contribution in [1.82, 2.24) is 14.0 Å². The molecule has 6 nitrogen and oxygen atoms in total. The predicted octanol–water partition coefficient (Wildman–Crippen LogP) is 1.38. The molecule has 1 aromatic heterocycles.